The first-order chi connectivity index (χ1) is 32.8. The van der Waals surface area contributed by atoms with E-state index in [0.717, 1.165) is 38.5 Å². The average molecular weight is 971 g/mol. The fourth-order valence-corrected chi connectivity index (χ4v) is 9.07. The topological polar surface area (TPSA) is 149 Å². The quantitative estimate of drug-likeness (QED) is 0.0233. The van der Waals surface area contributed by atoms with Crippen molar-refractivity contribution in [2.75, 3.05) is 26.4 Å². The van der Waals surface area contributed by atoms with Crippen molar-refractivity contribution in [3.63, 3.8) is 0 Å². The number of carbonyl (C=O) groups excluding carboxylic acids is 2. The molecule has 0 aliphatic carbocycles. The number of esters is 2. The molecule has 0 aliphatic rings. The number of aliphatic hydroxyl groups is 2. The van der Waals surface area contributed by atoms with E-state index in [4.69, 9.17) is 18.5 Å². The van der Waals surface area contributed by atoms with E-state index in [1.807, 2.05) is 0 Å². The second-order valence-electron chi connectivity index (χ2n) is 19.3. The number of unbranched alkanes of at least 4 members (excludes halogenated alkanes) is 36. The zero-order valence-electron chi connectivity index (χ0n) is 43.6. The maximum atomic E-state index is 12.4. The van der Waals surface area contributed by atoms with Gasteiger partial charge in [-0.1, -0.05) is 231 Å². The van der Waals surface area contributed by atoms with Gasteiger partial charge < -0.3 is 24.6 Å². The number of phosphoric acid groups is 1. The second-order valence-corrected chi connectivity index (χ2v) is 20.7. The Labute approximate surface area is 412 Å². The van der Waals surface area contributed by atoms with Crippen LogP contribution in [0, 0.1) is 0 Å². The van der Waals surface area contributed by atoms with Crippen LogP contribution in [-0.2, 0) is 32.7 Å². The SMILES string of the molecule is CCCCCCCCCC/C=C\CCCCCCCCCCCCCC(=O)OC(CO)COP(=O)(O)OCC(CO)OC(=O)CCCCCCCCCCC/C=C\CCCCCCCCCC. The largest absolute Gasteiger partial charge is 0.472 e. The highest BCUT2D eigenvalue weighted by Crippen LogP contribution is 2.43. The molecule has 11 heteroatoms. The van der Waals surface area contributed by atoms with Crippen LogP contribution < -0.4 is 0 Å². The van der Waals surface area contributed by atoms with Crippen LogP contribution in [0.2, 0.25) is 0 Å². The third kappa shape index (κ3) is 50.6. The maximum absolute atomic E-state index is 12.4. The number of ether oxygens (including phenoxy) is 2. The summed E-state index contributed by atoms with van der Waals surface area (Å²) in [5.41, 5.74) is 0. The van der Waals surface area contributed by atoms with Crippen LogP contribution in [0.4, 0.5) is 0 Å². The van der Waals surface area contributed by atoms with Gasteiger partial charge in [0.2, 0.25) is 0 Å². The molecule has 10 nitrogen and oxygen atoms in total. The average Bonchev–Trinajstić information content (AvgIpc) is 3.32. The van der Waals surface area contributed by atoms with Gasteiger partial charge in [-0.05, 0) is 64.2 Å². The lowest BCUT2D eigenvalue weighted by Gasteiger charge is -2.20. The summed E-state index contributed by atoms with van der Waals surface area (Å²) in [6, 6.07) is 0. The molecular weight excluding hydrogens is 864 g/mol. The van der Waals surface area contributed by atoms with Crippen molar-refractivity contribution in [3.05, 3.63) is 24.3 Å². The normalized spacial score (nSPS) is 13.7. The number of aliphatic hydroxyl groups excluding tert-OH is 2. The van der Waals surface area contributed by atoms with E-state index >= 15 is 0 Å². The number of hydrogen-bond donors (Lipinski definition) is 3. The van der Waals surface area contributed by atoms with Crippen molar-refractivity contribution < 1.29 is 47.8 Å². The van der Waals surface area contributed by atoms with E-state index in [1.165, 1.54) is 205 Å². The summed E-state index contributed by atoms with van der Waals surface area (Å²) in [7, 11) is -4.64. The Kier molecular flexibility index (Phi) is 51.1. The summed E-state index contributed by atoms with van der Waals surface area (Å²) in [6.45, 7) is 2.27. The van der Waals surface area contributed by atoms with Crippen molar-refractivity contribution in [1.82, 2.24) is 0 Å². The molecular formula is C56H107O10P. The van der Waals surface area contributed by atoms with E-state index in [-0.39, 0.29) is 12.8 Å². The molecule has 0 saturated heterocycles. The van der Waals surface area contributed by atoms with Crippen LogP contribution >= 0.6 is 7.82 Å². The first-order valence-corrected chi connectivity index (χ1v) is 29.8. The number of hydrogen-bond acceptors (Lipinski definition) is 9. The van der Waals surface area contributed by atoms with Gasteiger partial charge >= 0.3 is 19.8 Å². The molecule has 0 saturated carbocycles. The highest BCUT2D eigenvalue weighted by molar-refractivity contribution is 7.47. The van der Waals surface area contributed by atoms with Crippen molar-refractivity contribution in [2.45, 2.75) is 296 Å². The van der Waals surface area contributed by atoms with E-state index in [0.29, 0.717) is 12.8 Å². The Bertz CT molecular complexity index is 1160. The van der Waals surface area contributed by atoms with E-state index in [1.54, 1.807) is 0 Å². The molecule has 0 bridgehead atoms. The number of carbonyl (C=O) groups is 2. The van der Waals surface area contributed by atoms with E-state index < -0.39 is 58.4 Å². The molecule has 0 aliphatic heterocycles. The molecule has 67 heavy (non-hydrogen) atoms. The molecule has 0 spiro atoms. The molecule has 0 aromatic rings. The minimum atomic E-state index is -4.64. The Morgan fingerprint density at radius 2 is 0.612 bits per heavy atom. The second kappa shape index (κ2) is 52.3. The van der Waals surface area contributed by atoms with Gasteiger partial charge in [-0.25, -0.2) is 4.57 Å². The fourth-order valence-electron chi connectivity index (χ4n) is 8.28. The van der Waals surface area contributed by atoms with Crippen molar-refractivity contribution >= 4 is 19.8 Å². The molecule has 3 unspecified atom stereocenters. The van der Waals surface area contributed by atoms with Crippen molar-refractivity contribution in [3.8, 4) is 0 Å². The van der Waals surface area contributed by atoms with Crippen LogP contribution in [0.25, 0.3) is 0 Å². The Morgan fingerprint density at radius 3 is 0.851 bits per heavy atom. The van der Waals surface area contributed by atoms with Crippen molar-refractivity contribution in [2.24, 2.45) is 0 Å². The molecule has 0 aromatic heterocycles. The highest BCUT2D eigenvalue weighted by atomic mass is 31.2. The van der Waals surface area contributed by atoms with Gasteiger partial charge in [-0.2, -0.15) is 0 Å². The third-order valence-corrected chi connectivity index (χ3v) is 13.6. The first kappa shape index (κ1) is 65.5. The molecule has 0 aromatic carbocycles. The predicted molar refractivity (Wildman–Crippen MR) is 279 cm³/mol. The lowest BCUT2D eigenvalue weighted by Crippen LogP contribution is -2.28. The van der Waals surface area contributed by atoms with Gasteiger partial charge in [-0.15, -0.1) is 0 Å². The number of rotatable bonds is 54. The first-order valence-electron chi connectivity index (χ1n) is 28.3. The highest BCUT2D eigenvalue weighted by Gasteiger charge is 2.27. The summed E-state index contributed by atoms with van der Waals surface area (Å²) in [4.78, 5) is 34.8. The molecule has 0 radical (unpaired) electrons. The van der Waals surface area contributed by atoms with Gasteiger partial charge in [0.25, 0.3) is 0 Å². The summed E-state index contributed by atoms with van der Waals surface area (Å²) < 4.78 is 32.8. The Hall–Kier alpha value is -1.55. The van der Waals surface area contributed by atoms with E-state index in [9.17, 15) is 29.3 Å². The number of phosphoric ester groups is 1. The van der Waals surface area contributed by atoms with Crippen LogP contribution in [0.3, 0.4) is 0 Å². The molecule has 0 rings (SSSR count). The summed E-state index contributed by atoms with van der Waals surface area (Å²) in [5, 5.41) is 19.3. The Morgan fingerprint density at radius 1 is 0.388 bits per heavy atom. The third-order valence-electron chi connectivity index (χ3n) is 12.6. The lowest BCUT2D eigenvalue weighted by molar-refractivity contribution is -0.153. The minimum absolute atomic E-state index is 0.193. The Balaban J connectivity index is 3.77. The number of allylic oxidation sites excluding steroid dienone is 4. The smallest absolute Gasteiger partial charge is 0.457 e. The summed E-state index contributed by atoms with van der Waals surface area (Å²) >= 11 is 0. The van der Waals surface area contributed by atoms with Gasteiger partial charge in [-0.3, -0.25) is 18.6 Å². The molecule has 0 fully saturated rings. The van der Waals surface area contributed by atoms with Crippen LogP contribution in [0.1, 0.15) is 284 Å². The monoisotopic (exact) mass is 971 g/mol. The van der Waals surface area contributed by atoms with Crippen LogP contribution in [-0.4, -0.2) is 65.7 Å². The predicted octanol–water partition coefficient (Wildman–Crippen LogP) is 16.5. The van der Waals surface area contributed by atoms with Crippen LogP contribution in [0.5, 0.6) is 0 Å². The molecule has 0 heterocycles. The molecule has 3 N–H and O–H groups in total. The lowest BCUT2D eigenvalue weighted by atomic mass is 10.0. The standard InChI is InChI=1S/C56H107O10P/c1-3-5-7-9-11-13-15-17-19-21-23-25-26-28-30-32-34-36-38-40-42-44-46-48-56(60)66-54(50-58)52-64-67(61,62)63-51-53(49-57)65-55(59)47-45-43-41-39-37-35-33-31-29-27-24-22-20-18-16-14-12-10-8-6-4-2/h21-24,53-54,57-58H,3-20,25-52H2,1-2H3,(H,61,62)/b23-21-,24-22-. The molecule has 3 atom stereocenters. The molecule has 396 valence electrons. The van der Waals surface area contributed by atoms with Gasteiger partial charge in [0.05, 0.1) is 26.4 Å². The van der Waals surface area contributed by atoms with Gasteiger partial charge in [0.15, 0.2) is 0 Å². The fraction of sp³-hybridized carbons (Fsp3) is 0.893. The van der Waals surface area contributed by atoms with Gasteiger partial charge in [0, 0.05) is 12.8 Å². The zero-order valence-corrected chi connectivity index (χ0v) is 44.5. The minimum Gasteiger partial charge on any atom is -0.457 e. The van der Waals surface area contributed by atoms with Gasteiger partial charge in [0.1, 0.15) is 12.2 Å². The molecule has 0 amide bonds. The van der Waals surface area contributed by atoms with Crippen molar-refractivity contribution in [1.29, 1.82) is 0 Å². The summed E-state index contributed by atoms with van der Waals surface area (Å²) in [5.74, 6) is -1.01. The summed E-state index contributed by atoms with van der Waals surface area (Å²) in [6.07, 6.45) is 57.3. The van der Waals surface area contributed by atoms with Crippen LogP contribution in [0.15, 0.2) is 24.3 Å². The van der Waals surface area contributed by atoms with E-state index in [2.05, 4.69) is 38.2 Å². The zero-order chi connectivity index (χ0) is 49.0. The maximum Gasteiger partial charge on any atom is 0.472 e.